The largest absolute Gasteiger partial charge is 0.507 e. The first-order chi connectivity index (χ1) is 14.9. The number of aliphatic imine (C=N–C) groups is 1. The molecule has 3 aromatic carbocycles. The summed E-state index contributed by atoms with van der Waals surface area (Å²) in [4.78, 5) is 4.85. The van der Waals surface area contributed by atoms with Gasteiger partial charge < -0.3 is 5.11 Å². The van der Waals surface area contributed by atoms with E-state index in [1.165, 1.54) is 27.8 Å². The normalized spacial score (nSPS) is 12.5. The predicted octanol–water partition coefficient (Wildman–Crippen LogP) is 7.95. The van der Waals surface area contributed by atoms with Gasteiger partial charge in [-0.3, -0.25) is 4.99 Å². The van der Waals surface area contributed by atoms with Gasteiger partial charge in [-0.15, -0.1) is 0 Å². The topological polar surface area (TPSA) is 32.6 Å². The summed E-state index contributed by atoms with van der Waals surface area (Å²) < 4.78 is 0. The van der Waals surface area contributed by atoms with Crippen LogP contribution in [0.5, 0.6) is 5.75 Å². The number of aromatic hydroxyl groups is 1. The molecule has 0 amide bonds. The molecule has 2 nitrogen and oxygen atoms in total. The fourth-order valence-corrected chi connectivity index (χ4v) is 4.00. The van der Waals surface area contributed by atoms with E-state index in [2.05, 4.69) is 104 Å². The van der Waals surface area contributed by atoms with E-state index in [9.17, 15) is 5.11 Å². The number of nitrogens with zero attached hydrogens (tertiary/aromatic N) is 1. The summed E-state index contributed by atoms with van der Waals surface area (Å²) in [6.07, 6.45) is 2.66. The summed E-state index contributed by atoms with van der Waals surface area (Å²) in [7, 11) is 0. The molecule has 32 heavy (non-hydrogen) atoms. The molecule has 0 heterocycles. The van der Waals surface area contributed by atoms with Crippen molar-refractivity contribution in [2.75, 3.05) is 0 Å². The van der Waals surface area contributed by atoms with Crippen molar-refractivity contribution >= 4 is 11.9 Å². The van der Waals surface area contributed by atoms with Gasteiger partial charge in [-0.2, -0.15) is 0 Å². The van der Waals surface area contributed by atoms with Gasteiger partial charge in [0, 0.05) is 23.8 Å². The molecule has 2 heteroatoms. The number of phenols is 1. The molecule has 0 radical (unpaired) electrons. The van der Waals surface area contributed by atoms with Crippen molar-refractivity contribution < 1.29 is 5.11 Å². The second-order valence-electron chi connectivity index (χ2n) is 10.9. The zero-order valence-electron chi connectivity index (χ0n) is 20.9. The first-order valence-electron chi connectivity index (χ1n) is 11.4. The SMILES string of the molecule is Cc1cccc(C)c1Cc1ccccc1/N=C/c1cc(C(C)(C)C)cc(C(C)(C)C)c1O. The lowest BCUT2D eigenvalue weighted by atomic mass is 9.79. The maximum atomic E-state index is 11.1. The highest BCUT2D eigenvalue weighted by molar-refractivity contribution is 5.87. The first kappa shape index (κ1) is 23.8. The number of aryl methyl sites for hydroxylation is 2. The van der Waals surface area contributed by atoms with Crippen molar-refractivity contribution in [3.63, 3.8) is 0 Å². The van der Waals surface area contributed by atoms with Crippen LogP contribution in [0.25, 0.3) is 0 Å². The molecule has 168 valence electrons. The fourth-order valence-electron chi connectivity index (χ4n) is 4.00. The summed E-state index contributed by atoms with van der Waals surface area (Å²) in [5.41, 5.74) is 8.82. The van der Waals surface area contributed by atoms with E-state index >= 15 is 0 Å². The van der Waals surface area contributed by atoms with Gasteiger partial charge in [0.1, 0.15) is 5.75 Å². The minimum absolute atomic E-state index is 0.0173. The fraction of sp³-hybridized carbons (Fsp3) is 0.367. The van der Waals surface area contributed by atoms with Crippen LogP contribution in [0.1, 0.15) is 80.5 Å². The number of phenolic OH excluding ortho intramolecular Hbond substituents is 1. The Hall–Kier alpha value is -2.87. The van der Waals surface area contributed by atoms with Gasteiger partial charge in [-0.25, -0.2) is 0 Å². The van der Waals surface area contributed by atoms with Crippen LogP contribution < -0.4 is 0 Å². The smallest absolute Gasteiger partial charge is 0.128 e. The molecule has 0 saturated carbocycles. The lowest BCUT2D eigenvalue weighted by Gasteiger charge is -2.27. The molecule has 0 aliphatic heterocycles. The minimum atomic E-state index is -0.159. The Kier molecular flexibility index (Phi) is 6.64. The number of para-hydroxylation sites is 1. The van der Waals surface area contributed by atoms with Crippen LogP contribution in [-0.4, -0.2) is 11.3 Å². The van der Waals surface area contributed by atoms with Crippen LogP contribution in [0.15, 0.2) is 59.6 Å². The number of benzene rings is 3. The highest BCUT2D eigenvalue weighted by Gasteiger charge is 2.24. The summed E-state index contributed by atoms with van der Waals surface area (Å²) in [6.45, 7) is 17.3. The minimum Gasteiger partial charge on any atom is -0.507 e. The molecule has 0 aliphatic carbocycles. The molecule has 0 aromatic heterocycles. The first-order valence-corrected chi connectivity index (χ1v) is 11.4. The zero-order valence-corrected chi connectivity index (χ0v) is 20.9. The Labute approximate surface area is 194 Å². The Morgan fingerprint density at radius 2 is 1.44 bits per heavy atom. The maximum Gasteiger partial charge on any atom is 0.128 e. The van der Waals surface area contributed by atoms with Gasteiger partial charge >= 0.3 is 0 Å². The van der Waals surface area contributed by atoms with Crippen LogP contribution in [0, 0.1) is 13.8 Å². The Morgan fingerprint density at radius 1 is 0.812 bits per heavy atom. The number of hydrogen-bond donors (Lipinski definition) is 1. The molecule has 0 spiro atoms. The van der Waals surface area contributed by atoms with Crippen molar-refractivity contribution in [1.29, 1.82) is 0 Å². The lowest BCUT2D eigenvalue weighted by molar-refractivity contribution is 0.444. The summed E-state index contributed by atoms with van der Waals surface area (Å²) in [5, 5.41) is 11.1. The maximum absolute atomic E-state index is 11.1. The third-order valence-electron chi connectivity index (χ3n) is 6.16. The van der Waals surface area contributed by atoms with Crippen molar-refractivity contribution in [3.8, 4) is 5.75 Å². The van der Waals surface area contributed by atoms with Gasteiger partial charge in [0.15, 0.2) is 0 Å². The average molecular weight is 428 g/mol. The standard InChI is InChI=1S/C30H37NO/c1-20-12-11-13-21(2)25(20)17-22-14-9-10-15-27(22)31-19-23-16-24(29(3,4)5)18-26(28(23)32)30(6,7)8/h9-16,18-19,32H,17H2,1-8H3/b31-19+. The summed E-state index contributed by atoms with van der Waals surface area (Å²) >= 11 is 0. The van der Waals surface area contributed by atoms with E-state index in [0.29, 0.717) is 5.75 Å². The zero-order chi connectivity index (χ0) is 23.7. The monoisotopic (exact) mass is 427 g/mol. The molecule has 0 unspecified atom stereocenters. The molecule has 0 bridgehead atoms. The van der Waals surface area contributed by atoms with Crippen molar-refractivity contribution in [3.05, 3.63) is 93.5 Å². The molecular weight excluding hydrogens is 390 g/mol. The van der Waals surface area contributed by atoms with Crippen LogP contribution in [0.2, 0.25) is 0 Å². The molecule has 0 fully saturated rings. The van der Waals surface area contributed by atoms with Crippen LogP contribution in [0.3, 0.4) is 0 Å². The van der Waals surface area contributed by atoms with Crippen LogP contribution in [-0.2, 0) is 17.3 Å². The predicted molar refractivity (Wildman–Crippen MR) is 138 cm³/mol. The summed E-state index contributed by atoms with van der Waals surface area (Å²) in [6, 6.07) is 18.9. The van der Waals surface area contributed by atoms with E-state index in [1.807, 2.05) is 12.3 Å². The second kappa shape index (κ2) is 8.94. The van der Waals surface area contributed by atoms with Gasteiger partial charge in [-0.05, 0) is 64.6 Å². The highest BCUT2D eigenvalue weighted by atomic mass is 16.3. The molecule has 3 aromatic rings. The third-order valence-corrected chi connectivity index (χ3v) is 6.16. The molecule has 0 saturated heterocycles. The lowest BCUT2D eigenvalue weighted by Crippen LogP contribution is -2.17. The van der Waals surface area contributed by atoms with E-state index in [0.717, 1.165) is 23.2 Å². The van der Waals surface area contributed by atoms with Gasteiger partial charge in [0.05, 0.1) is 5.69 Å². The van der Waals surface area contributed by atoms with Gasteiger partial charge in [0.25, 0.3) is 0 Å². The Bertz CT molecular complexity index is 1120. The quantitative estimate of drug-likeness (QED) is 0.421. The van der Waals surface area contributed by atoms with Crippen LogP contribution >= 0.6 is 0 Å². The number of rotatable bonds is 4. The van der Waals surface area contributed by atoms with E-state index < -0.39 is 0 Å². The molecule has 0 aliphatic rings. The summed E-state index contributed by atoms with van der Waals surface area (Å²) in [5.74, 6) is 0.321. The Morgan fingerprint density at radius 3 is 2.03 bits per heavy atom. The molecular formula is C30H37NO. The van der Waals surface area contributed by atoms with E-state index in [1.54, 1.807) is 0 Å². The second-order valence-corrected chi connectivity index (χ2v) is 10.9. The molecule has 1 N–H and O–H groups in total. The van der Waals surface area contributed by atoms with Crippen molar-refractivity contribution in [2.24, 2.45) is 4.99 Å². The Balaban J connectivity index is 2.05. The average Bonchev–Trinajstić information content (AvgIpc) is 2.69. The van der Waals surface area contributed by atoms with Gasteiger partial charge in [0.2, 0.25) is 0 Å². The molecule has 3 rings (SSSR count). The van der Waals surface area contributed by atoms with Crippen molar-refractivity contribution in [1.82, 2.24) is 0 Å². The third kappa shape index (κ3) is 5.30. The van der Waals surface area contributed by atoms with Crippen molar-refractivity contribution in [2.45, 2.75) is 72.6 Å². The van der Waals surface area contributed by atoms with E-state index in [-0.39, 0.29) is 10.8 Å². The van der Waals surface area contributed by atoms with E-state index in [4.69, 9.17) is 4.99 Å². The number of hydrogen-bond acceptors (Lipinski definition) is 2. The molecule has 0 atom stereocenters. The van der Waals surface area contributed by atoms with Gasteiger partial charge in [-0.1, -0.05) is 84.0 Å². The van der Waals surface area contributed by atoms with Crippen LogP contribution in [0.4, 0.5) is 5.69 Å². The highest BCUT2D eigenvalue weighted by Crippen LogP contribution is 2.37.